The van der Waals surface area contributed by atoms with Gasteiger partial charge in [0.15, 0.2) is 12.1 Å². The molecule has 17 heteroatoms. The Morgan fingerprint density at radius 1 is 1.12 bits per heavy atom. The van der Waals surface area contributed by atoms with Gasteiger partial charge in [-0.15, -0.1) is 0 Å². The van der Waals surface area contributed by atoms with Crippen molar-refractivity contribution < 1.29 is 76.8 Å². The molecular weight excluding hydrogens is 687 g/mol. The van der Waals surface area contributed by atoms with E-state index >= 15 is 0 Å². The number of carbonyl (C=O) groups excluding carboxylic acids is 4. The number of ether oxygens (including phenoxy) is 4. The van der Waals surface area contributed by atoms with E-state index < -0.39 is 120 Å². The Kier molecular flexibility index (Phi) is 10.7. The van der Waals surface area contributed by atoms with E-state index in [0.717, 1.165) is 0 Å². The number of hydrogen-bond acceptors (Lipinski definition) is 13. The van der Waals surface area contributed by atoms with E-state index in [0.29, 0.717) is 12.8 Å². The first-order valence-corrected chi connectivity index (χ1v) is 16.2. The Morgan fingerprint density at radius 3 is 2.45 bits per heavy atom. The van der Waals surface area contributed by atoms with Crippen molar-refractivity contribution in [3.63, 3.8) is 0 Å². The van der Waals surface area contributed by atoms with Crippen LogP contribution in [0.4, 0.5) is 13.2 Å². The number of phenols is 2. The number of phenolic OH excluding ortho intramolecular Hbond substituents is 2. The van der Waals surface area contributed by atoms with Gasteiger partial charge in [-0.3, -0.25) is 19.2 Å². The first-order valence-electron chi connectivity index (χ1n) is 16.2. The van der Waals surface area contributed by atoms with Crippen LogP contribution < -0.4 is 10.1 Å². The number of amides is 1. The molecule has 0 radical (unpaired) electrons. The minimum Gasteiger partial charge on any atom is -0.507 e. The molecule has 1 amide bonds. The average Bonchev–Trinajstić information content (AvgIpc) is 3.07. The number of methoxy groups -OCH3 is 1. The van der Waals surface area contributed by atoms with Crippen LogP contribution in [0.1, 0.15) is 95.0 Å². The fourth-order valence-electron chi connectivity index (χ4n) is 6.75. The maximum absolute atomic E-state index is 13.9. The van der Waals surface area contributed by atoms with E-state index in [2.05, 4.69) is 0 Å². The fourth-order valence-corrected chi connectivity index (χ4v) is 6.75. The summed E-state index contributed by atoms with van der Waals surface area (Å²) in [5.74, 6) is -6.41. The molecule has 1 heterocycles. The number of ketones is 2. The predicted octanol–water partition coefficient (Wildman–Crippen LogP) is 2.25. The van der Waals surface area contributed by atoms with Gasteiger partial charge < -0.3 is 49.8 Å². The van der Waals surface area contributed by atoms with Gasteiger partial charge in [-0.1, -0.05) is 25.5 Å². The van der Waals surface area contributed by atoms with E-state index in [9.17, 15) is 57.9 Å². The molecule has 0 spiro atoms. The Hall–Kier alpha value is -4.29. The number of aliphatic hydroxyl groups excluding tert-OH is 2. The third-order valence-corrected chi connectivity index (χ3v) is 9.46. The van der Waals surface area contributed by atoms with Crippen LogP contribution in [0.3, 0.4) is 0 Å². The number of alkyl halides is 3. The van der Waals surface area contributed by atoms with Gasteiger partial charge in [0, 0.05) is 42.4 Å². The van der Waals surface area contributed by atoms with Gasteiger partial charge >= 0.3 is 18.1 Å². The second-order valence-electron chi connectivity index (χ2n) is 12.9. The first-order chi connectivity index (χ1) is 23.9. The van der Waals surface area contributed by atoms with Crippen molar-refractivity contribution in [1.82, 2.24) is 5.32 Å². The number of halogens is 3. The molecule has 51 heavy (non-hydrogen) atoms. The Labute approximate surface area is 289 Å². The quantitative estimate of drug-likeness (QED) is 0.131. The monoisotopic (exact) mass is 725 g/mol. The van der Waals surface area contributed by atoms with E-state index in [1.165, 1.54) is 32.2 Å². The molecular formula is C34H38F3NO13. The zero-order chi connectivity index (χ0) is 37.6. The van der Waals surface area contributed by atoms with Crippen LogP contribution >= 0.6 is 0 Å². The number of hydrogen-bond donors (Lipinski definition) is 6. The minimum absolute atomic E-state index is 0.00184. The lowest BCUT2D eigenvalue weighted by Crippen LogP contribution is -2.57. The maximum Gasteiger partial charge on any atom is 0.471 e. The van der Waals surface area contributed by atoms with Gasteiger partial charge in [0.05, 0.1) is 42.0 Å². The highest BCUT2D eigenvalue weighted by atomic mass is 19.4. The molecule has 1 unspecified atom stereocenters. The average molecular weight is 726 g/mol. The van der Waals surface area contributed by atoms with Crippen molar-refractivity contribution in [2.45, 2.75) is 101 Å². The van der Waals surface area contributed by atoms with Crippen molar-refractivity contribution in [3.05, 3.63) is 51.6 Å². The van der Waals surface area contributed by atoms with E-state index in [1.807, 2.05) is 6.92 Å². The minimum atomic E-state index is -5.28. The third kappa shape index (κ3) is 7.13. The van der Waals surface area contributed by atoms with Crippen molar-refractivity contribution in [3.8, 4) is 17.2 Å². The summed E-state index contributed by atoms with van der Waals surface area (Å²) in [6, 6.07) is 2.63. The zero-order valence-electron chi connectivity index (χ0n) is 27.8. The Balaban J connectivity index is 1.58. The fraction of sp³-hybridized carbons (Fsp3) is 0.529. The van der Waals surface area contributed by atoms with Gasteiger partial charge in [0.25, 0.3) is 0 Å². The van der Waals surface area contributed by atoms with Gasteiger partial charge in [-0.25, -0.2) is 0 Å². The summed E-state index contributed by atoms with van der Waals surface area (Å²) in [5.41, 5.74) is -4.47. The molecule has 1 saturated heterocycles. The number of fused-ring (bicyclic) bond motifs is 3. The lowest BCUT2D eigenvalue weighted by atomic mass is 9.71. The van der Waals surface area contributed by atoms with Crippen molar-refractivity contribution in [1.29, 1.82) is 0 Å². The first kappa shape index (κ1) is 38.0. The number of aliphatic hydroxyl groups is 3. The summed E-state index contributed by atoms with van der Waals surface area (Å²) in [4.78, 5) is 51.6. The van der Waals surface area contributed by atoms with Crippen molar-refractivity contribution in [2.75, 3.05) is 13.7 Å². The molecule has 5 rings (SSSR count). The van der Waals surface area contributed by atoms with Gasteiger partial charge in [0.1, 0.15) is 41.7 Å². The van der Waals surface area contributed by atoms with Crippen LogP contribution in [0.5, 0.6) is 17.2 Å². The molecule has 2 aromatic rings. The lowest BCUT2D eigenvalue weighted by Gasteiger charge is -2.44. The van der Waals surface area contributed by atoms with Crippen LogP contribution in [-0.2, 0) is 30.2 Å². The number of benzene rings is 2. The molecule has 6 N–H and O–H groups in total. The SMILES string of the molecule is CCCCC(=O)OCC(O)[C@]1(O)Cc2c(O)c3c(c(O)c2[C@@H](O[C@@H]2C[C@H](NC(=O)C(F)(F)F)[C@H](O)[C@H](C)O2)C1)C(=O)c1c(OC)cccc1C3=O. The van der Waals surface area contributed by atoms with E-state index in [1.54, 1.807) is 5.32 Å². The van der Waals surface area contributed by atoms with Gasteiger partial charge in [-0.2, -0.15) is 13.2 Å². The normalized spacial score (nSPS) is 26.4. The molecule has 0 aromatic heterocycles. The number of unbranched alkanes of at least 4 members (excludes halogenated alkanes) is 1. The highest BCUT2D eigenvalue weighted by Gasteiger charge is 2.51. The highest BCUT2D eigenvalue weighted by Crippen LogP contribution is 2.53. The second kappa shape index (κ2) is 14.4. The molecule has 7 atom stereocenters. The Morgan fingerprint density at radius 2 is 1.80 bits per heavy atom. The largest absolute Gasteiger partial charge is 0.507 e. The summed E-state index contributed by atoms with van der Waals surface area (Å²) in [7, 11) is 1.26. The molecule has 278 valence electrons. The molecule has 1 aliphatic heterocycles. The topological polar surface area (TPSA) is 218 Å². The Bertz CT molecular complexity index is 1730. The number of nitrogens with one attached hydrogen (secondary N) is 1. The number of aromatic hydroxyl groups is 2. The summed E-state index contributed by atoms with van der Waals surface area (Å²) in [6.07, 6.45) is -13.7. The smallest absolute Gasteiger partial charge is 0.471 e. The molecule has 14 nitrogen and oxygen atoms in total. The van der Waals surface area contributed by atoms with Crippen molar-refractivity contribution >= 4 is 23.4 Å². The molecule has 0 bridgehead atoms. The van der Waals surface area contributed by atoms with Crippen LogP contribution in [-0.4, -0.2) is 105 Å². The molecule has 2 aliphatic carbocycles. The summed E-state index contributed by atoms with van der Waals surface area (Å²) in [6.45, 7) is 2.43. The van der Waals surface area contributed by atoms with Crippen LogP contribution in [0, 0.1) is 0 Å². The summed E-state index contributed by atoms with van der Waals surface area (Å²) < 4.78 is 61.3. The summed E-state index contributed by atoms with van der Waals surface area (Å²) in [5, 5.41) is 58.6. The van der Waals surface area contributed by atoms with Crippen LogP contribution in [0.25, 0.3) is 0 Å². The van der Waals surface area contributed by atoms with E-state index in [4.69, 9.17) is 18.9 Å². The van der Waals surface area contributed by atoms with Gasteiger partial charge in [0.2, 0.25) is 5.78 Å². The number of carbonyl (C=O) groups is 4. The number of esters is 1. The van der Waals surface area contributed by atoms with Gasteiger partial charge in [-0.05, 0) is 19.4 Å². The van der Waals surface area contributed by atoms with Crippen LogP contribution in [0.15, 0.2) is 18.2 Å². The third-order valence-electron chi connectivity index (χ3n) is 9.46. The summed E-state index contributed by atoms with van der Waals surface area (Å²) >= 11 is 0. The lowest BCUT2D eigenvalue weighted by molar-refractivity contribution is -0.254. The molecule has 1 fully saturated rings. The second-order valence-corrected chi connectivity index (χ2v) is 12.9. The van der Waals surface area contributed by atoms with Crippen LogP contribution in [0.2, 0.25) is 0 Å². The number of rotatable bonds is 10. The maximum atomic E-state index is 13.9. The highest BCUT2D eigenvalue weighted by molar-refractivity contribution is 6.31. The zero-order valence-corrected chi connectivity index (χ0v) is 27.8. The standard InChI is InChI=1S/C34H38F3NO13/c1-4-5-9-21(40)49-13-20(39)33(47)11-16-24(19(12-33)51-22-10-17(27(41)14(2)50-22)38-32(46)34(35,36)37)31(45)26-25(29(16)43)28(42)15-7-6-8-18(48-3)23(15)30(26)44/h6-8,14,17,19-20,22,27,39,41,43,45,47H,4-5,9-13H2,1-3H3,(H,38,46)/t14-,17-,19-,20?,22+,27+,33-/m0/s1. The molecule has 2 aromatic carbocycles. The predicted molar refractivity (Wildman–Crippen MR) is 166 cm³/mol. The molecule has 3 aliphatic rings. The van der Waals surface area contributed by atoms with Crippen molar-refractivity contribution in [2.24, 2.45) is 0 Å². The molecule has 0 saturated carbocycles. The van der Waals surface area contributed by atoms with E-state index in [-0.39, 0.29) is 34.4 Å².